The van der Waals surface area contributed by atoms with Gasteiger partial charge in [0.25, 0.3) is 0 Å². The Morgan fingerprint density at radius 3 is 3.25 bits per heavy atom. The molecule has 1 nitrogen and oxygen atoms in total. The van der Waals surface area contributed by atoms with E-state index in [0.29, 0.717) is 11.2 Å². The molecule has 0 N–H and O–H groups in total. The fourth-order valence-electron chi connectivity index (χ4n) is 4.16. The summed E-state index contributed by atoms with van der Waals surface area (Å²) in [7, 11) is 0. The quantitative estimate of drug-likeness (QED) is 0.537. The topological polar surface area (TPSA) is 17.1 Å². The van der Waals surface area contributed by atoms with Gasteiger partial charge >= 0.3 is 0 Å². The summed E-state index contributed by atoms with van der Waals surface area (Å²) in [6, 6.07) is 0. The first kappa shape index (κ1) is 7.11. The van der Waals surface area contributed by atoms with Gasteiger partial charge < -0.3 is 0 Å². The van der Waals surface area contributed by atoms with Crippen LogP contribution in [0.4, 0.5) is 0 Å². The van der Waals surface area contributed by atoms with Crippen LogP contribution in [0.25, 0.3) is 0 Å². The standard InChI is InChI=1S/C11H16O/c12-10-5-8-4-9-2-1-3-11(9,6-8)7-10/h8-9H,1-7H2. The van der Waals surface area contributed by atoms with Crippen LogP contribution in [-0.4, -0.2) is 5.78 Å². The Balaban J connectivity index is 1.96. The van der Waals surface area contributed by atoms with E-state index in [1.165, 1.54) is 32.1 Å². The second-order valence-electron chi connectivity index (χ2n) is 5.18. The number of carbonyl (C=O) groups excluding carboxylic acids is 1. The molecule has 0 aromatic rings. The second-order valence-corrected chi connectivity index (χ2v) is 5.18. The molecule has 3 fully saturated rings. The molecular formula is C11H16O. The van der Waals surface area contributed by atoms with Crippen molar-refractivity contribution < 1.29 is 4.79 Å². The van der Waals surface area contributed by atoms with Gasteiger partial charge in [0, 0.05) is 12.8 Å². The summed E-state index contributed by atoms with van der Waals surface area (Å²) in [5, 5.41) is 0. The Labute approximate surface area is 73.5 Å². The van der Waals surface area contributed by atoms with Gasteiger partial charge in [-0.15, -0.1) is 0 Å². The maximum absolute atomic E-state index is 11.5. The van der Waals surface area contributed by atoms with Gasteiger partial charge in [0.15, 0.2) is 0 Å². The van der Waals surface area contributed by atoms with Crippen molar-refractivity contribution >= 4 is 5.78 Å². The SMILES string of the molecule is O=C1CC2CC3CCCC3(C1)C2. The molecule has 0 heterocycles. The summed E-state index contributed by atoms with van der Waals surface area (Å²) >= 11 is 0. The molecule has 1 spiro atoms. The van der Waals surface area contributed by atoms with E-state index in [9.17, 15) is 4.79 Å². The monoisotopic (exact) mass is 164 g/mol. The van der Waals surface area contributed by atoms with Gasteiger partial charge in [-0.3, -0.25) is 4.79 Å². The molecule has 0 radical (unpaired) electrons. The van der Waals surface area contributed by atoms with E-state index in [2.05, 4.69) is 0 Å². The summed E-state index contributed by atoms with van der Waals surface area (Å²) in [6.07, 6.45) is 8.80. The highest BCUT2D eigenvalue weighted by atomic mass is 16.1. The molecule has 0 amide bonds. The minimum absolute atomic E-state index is 0.528. The molecular weight excluding hydrogens is 148 g/mol. The zero-order valence-corrected chi connectivity index (χ0v) is 7.51. The summed E-state index contributed by atoms with van der Waals surface area (Å²) < 4.78 is 0. The Morgan fingerprint density at radius 2 is 2.33 bits per heavy atom. The van der Waals surface area contributed by atoms with Gasteiger partial charge in [-0.05, 0) is 42.9 Å². The van der Waals surface area contributed by atoms with E-state index in [1.54, 1.807) is 0 Å². The average molecular weight is 164 g/mol. The van der Waals surface area contributed by atoms with Gasteiger partial charge in [-0.2, -0.15) is 0 Å². The molecule has 0 saturated heterocycles. The molecule has 3 aliphatic carbocycles. The summed E-state index contributed by atoms with van der Waals surface area (Å²) in [5.41, 5.74) is 0.528. The smallest absolute Gasteiger partial charge is 0.133 e. The Kier molecular flexibility index (Phi) is 1.26. The van der Waals surface area contributed by atoms with Crippen LogP contribution in [0.3, 0.4) is 0 Å². The predicted molar refractivity (Wildman–Crippen MR) is 46.7 cm³/mol. The molecule has 0 aliphatic heterocycles. The maximum atomic E-state index is 11.5. The molecule has 2 bridgehead atoms. The van der Waals surface area contributed by atoms with Crippen LogP contribution < -0.4 is 0 Å². The number of rotatable bonds is 0. The van der Waals surface area contributed by atoms with Crippen molar-refractivity contribution in [3.05, 3.63) is 0 Å². The highest BCUT2D eigenvalue weighted by Crippen LogP contribution is 2.61. The summed E-state index contributed by atoms with van der Waals surface area (Å²) in [6.45, 7) is 0. The first-order valence-corrected chi connectivity index (χ1v) is 5.30. The van der Waals surface area contributed by atoms with Crippen LogP contribution in [-0.2, 0) is 4.79 Å². The van der Waals surface area contributed by atoms with E-state index in [-0.39, 0.29) is 0 Å². The van der Waals surface area contributed by atoms with Crippen molar-refractivity contribution in [1.29, 1.82) is 0 Å². The van der Waals surface area contributed by atoms with Crippen LogP contribution in [0.2, 0.25) is 0 Å². The van der Waals surface area contributed by atoms with E-state index >= 15 is 0 Å². The van der Waals surface area contributed by atoms with Crippen LogP contribution in [0.1, 0.15) is 44.9 Å². The molecule has 3 unspecified atom stereocenters. The van der Waals surface area contributed by atoms with Crippen molar-refractivity contribution in [1.82, 2.24) is 0 Å². The van der Waals surface area contributed by atoms with E-state index < -0.39 is 0 Å². The minimum Gasteiger partial charge on any atom is -0.300 e. The lowest BCUT2D eigenvalue weighted by atomic mass is 9.72. The van der Waals surface area contributed by atoms with Gasteiger partial charge in [0.05, 0.1) is 0 Å². The predicted octanol–water partition coefficient (Wildman–Crippen LogP) is 2.55. The molecule has 3 atom stereocenters. The van der Waals surface area contributed by atoms with Crippen LogP contribution in [0.15, 0.2) is 0 Å². The van der Waals surface area contributed by atoms with Gasteiger partial charge in [0.1, 0.15) is 5.78 Å². The zero-order valence-electron chi connectivity index (χ0n) is 7.51. The number of fused-ring (bicyclic) bond motifs is 1. The highest BCUT2D eigenvalue weighted by molar-refractivity contribution is 5.80. The molecule has 12 heavy (non-hydrogen) atoms. The first-order chi connectivity index (χ1) is 5.78. The Hall–Kier alpha value is -0.330. The summed E-state index contributed by atoms with van der Waals surface area (Å²) in [4.78, 5) is 11.5. The fraction of sp³-hybridized carbons (Fsp3) is 0.909. The summed E-state index contributed by atoms with van der Waals surface area (Å²) in [5.74, 6) is 2.29. The van der Waals surface area contributed by atoms with Gasteiger partial charge in [-0.25, -0.2) is 0 Å². The molecule has 0 aromatic carbocycles. The lowest BCUT2D eigenvalue weighted by Crippen LogP contribution is -2.27. The van der Waals surface area contributed by atoms with E-state index in [0.717, 1.165) is 24.7 Å². The van der Waals surface area contributed by atoms with Crippen molar-refractivity contribution in [3.8, 4) is 0 Å². The number of hydrogen-bond donors (Lipinski definition) is 0. The van der Waals surface area contributed by atoms with E-state index in [1.807, 2.05) is 0 Å². The Bertz CT molecular complexity index is 233. The molecule has 1 heteroatoms. The number of ketones is 1. The van der Waals surface area contributed by atoms with Crippen LogP contribution in [0, 0.1) is 17.3 Å². The number of carbonyl (C=O) groups is 1. The molecule has 3 rings (SSSR count). The highest BCUT2D eigenvalue weighted by Gasteiger charge is 2.53. The van der Waals surface area contributed by atoms with E-state index in [4.69, 9.17) is 0 Å². The van der Waals surface area contributed by atoms with Crippen molar-refractivity contribution in [2.45, 2.75) is 44.9 Å². The maximum Gasteiger partial charge on any atom is 0.133 e. The van der Waals surface area contributed by atoms with Crippen molar-refractivity contribution in [2.24, 2.45) is 17.3 Å². The first-order valence-electron chi connectivity index (χ1n) is 5.30. The Morgan fingerprint density at radius 1 is 1.42 bits per heavy atom. The molecule has 0 aromatic heterocycles. The normalized spacial score (nSPS) is 51.2. The van der Waals surface area contributed by atoms with Crippen molar-refractivity contribution in [3.63, 3.8) is 0 Å². The third kappa shape index (κ3) is 0.773. The largest absolute Gasteiger partial charge is 0.300 e. The zero-order chi connectivity index (χ0) is 8.18. The molecule has 3 aliphatic rings. The van der Waals surface area contributed by atoms with Crippen molar-refractivity contribution in [2.75, 3.05) is 0 Å². The third-order valence-electron chi connectivity index (χ3n) is 4.47. The fourth-order valence-corrected chi connectivity index (χ4v) is 4.16. The molecule has 3 saturated carbocycles. The van der Waals surface area contributed by atoms with Crippen LogP contribution >= 0.6 is 0 Å². The van der Waals surface area contributed by atoms with Gasteiger partial charge in [-0.1, -0.05) is 6.42 Å². The molecule has 66 valence electrons. The van der Waals surface area contributed by atoms with Crippen LogP contribution in [0.5, 0.6) is 0 Å². The third-order valence-corrected chi connectivity index (χ3v) is 4.47. The average Bonchev–Trinajstić information content (AvgIpc) is 2.40. The number of hydrogen-bond acceptors (Lipinski definition) is 1. The minimum atomic E-state index is 0.528. The lowest BCUT2D eigenvalue weighted by Gasteiger charge is -2.31. The lowest BCUT2D eigenvalue weighted by molar-refractivity contribution is -0.124. The second kappa shape index (κ2) is 2.12. The van der Waals surface area contributed by atoms with Gasteiger partial charge in [0.2, 0.25) is 0 Å². The number of Topliss-reactive ketones (excluding diaryl/α,β-unsaturated/α-hetero) is 1.